The topological polar surface area (TPSA) is 90.7 Å². The van der Waals surface area contributed by atoms with Crippen LogP contribution in [0.3, 0.4) is 0 Å². The predicted octanol–water partition coefficient (Wildman–Crippen LogP) is -0.867. The summed E-state index contributed by atoms with van der Waals surface area (Å²) in [5, 5.41) is 0. The summed E-state index contributed by atoms with van der Waals surface area (Å²) in [5.74, 6) is -0.320. The molecule has 0 aromatic rings. The molecule has 0 amide bonds. The van der Waals surface area contributed by atoms with Gasteiger partial charge in [0.25, 0.3) is 0 Å². The molecule has 0 radical (unpaired) electrons. The fraction of sp³-hybridized carbons (Fsp3) is 0.429. The van der Waals surface area contributed by atoms with Gasteiger partial charge in [-0.1, -0.05) is 0 Å². The molecule has 12 heavy (non-hydrogen) atoms. The first-order chi connectivity index (χ1) is 5.66. The highest BCUT2D eigenvalue weighted by atomic mass is 16.5. The Kier molecular flexibility index (Phi) is 2.32. The number of aliphatic imine (C=N–C) groups is 1. The van der Waals surface area contributed by atoms with Crippen LogP contribution in [0.2, 0.25) is 0 Å². The number of nitrogens with two attached hydrogens (primary N) is 2. The average Bonchev–Trinajstić information content (AvgIpc) is 2.32. The number of esters is 1. The van der Waals surface area contributed by atoms with Gasteiger partial charge in [0.2, 0.25) is 0 Å². The Labute approximate surface area is 70.1 Å². The highest BCUT2D eigenvalue weighted by molar-refractivity contribution is 6.20. The van der Waals surface area contributed by atoms with E-state index in [4.69, 9.17) is 16.2 Å². The molecule has 5 nitrogen and oxygen atoms in total. The quantitative estimate of drug-likeness (QED) is 0.526. The number of nitrogens with zero attached hydrogens (tertiary/aromatic N) is 1. The minimum atomic E-state index is -0.492. The van der Waals surface area contributed by atoms with Crippen LogP contribution in [0, 0.1) is 0 Å². The molecule has 1 aliphatic rings. The summed E-state index contributed by atoms with van der Waals surface area (Å²) in [7, 11) is 0. The van der Waals surface area contributed by atoms with Crippen molar-refractivity contribution in [2.24, 2.45) is 16.5 Å². The number of carbonyl (C=O) groups is 1. The lowest BCUT2D eigenvalue weighted by atomic mass is 10.2. The standard InChI is InChI=1S/C7H11N3O2/c1-2-12-7(11)5-4(8)3-10-6(5)9/h2-3,8H2,1H3,(H2,9,10). The zero-order valence-electron chi connectivity index (χ0n) is 6.83. The highest BCUT2D eigenvalue weighted by Crippen LogP contribution is 2.09. The number of amidine groups is 1. The van der Waals surface area contributed by atoms with E-state index in [1.165, 1.54) is 0 Å². The van der Waals surface area contributed by atoms with Gasteiger partial charge in [0, 0.05) is 5.70 Å². The maximum absolute atomic E-state index is 11.1. The smallest absolute Gasteiger partial charge is 0.343 e. The summed E-state index contributed by atoms with van der Waals surface area (Å²) >= 11 is 0. The van der Waals surface area contributed by atoms with Crippen LogP contribution >= 0.6 is 0 Å². The van der Waals surface area contributed by atoms with Gasteiger partial charge in [-0.25, -0.2) is 4.79 Å². The molecular formula is C7H11N3O2. The van der Waals surface area contributed by atoms with E-state index in [2.05, 4.69) is 4.99 Å². The van der Waals surface area contributed by atoms with Crippen molar-refractivity contribution < 1.29 is 9.53 Å². The van der Waals surface area contributed by atoms with E-state index in [1.807, 2.05) is 0 Å². The minimum absolute atomic E-state index is 0.172. The first-order valence-corrected chi connectivity index (χ1v) is 3.62. The van der Waals surface area contributed by atoms with Crippen molar-refractivity contribution in [3.63, 3.8) is 0 Å². The zero-order valence-corrected chi connectivity index (χ0v) is 6.83. The van der Waals surface area contributed by atoms with Gasteiger partial charge in [0.05, 0.1) is 13.2 Å². The Balaban J connectivity index is 2.80. The maximum atomic E-state index is 11.1. The molecule has 0 fully saturated rings. The Bertz CT molecular complexity index is 268. The van der Waals surface area contributed by atoms with Crippen molar-refractivity contribution in [2.45, 2.75) is 6.92 Å². The Hall–Kier alpha value is -1.52. The first kappa shape index (κ1) is 8.58. The van der Waals surface area contributed by atoms with Gasteiger partial charge in [0.15, 0.2) is 0 Å². The van der Waals surface area contributed by atoms with Crippen LogP contribution in [0.25, 0.3) is 0 Å². The fourth-order valence-corrected chi connectivity index (χ4v) is 0.932. The SMILES string of the molecule is CCOC(=O)C1=C(N)CN=C1N. The van der Waals surface area contributed by atoms with Crippen LogP contribution in [0.4, 0.5) is 0 Å². The van der Waals surface area contributed by atoms with Gasteiger partial charge in [-0.15, -0.1) is 0 Å². The van der Waals surface area contributed by atoms with E-state index in [0.717, 1.165) is 0 Å². The Morgan fingerprint density at radius 3 is 2.75 bits per heavy atom. The van der Waals surface area contributed by atoms with Crippen LogP contribution in [0.1, 0.15) is 6.92 Å². The second kappa shape index (κ2) is 3.25. The summed E-state index contributed by atoms with van der Waals surface area (Å²) in [6.07, 6.45) is 0. The normalized spacial score (nSPS) is 16.2. The van der Waals surface area contributed by atoms with Crippen LogP contribution in [0.15, 0.2) is 16.3 Å². The number of carbonyl (C=O) groups excluding carboxylic acids is 1. The summed E-state index contributed by atoms with van der Waals surface area (Å²) in [4.78, 5) is 14.9. The van der Waals surface area contributed by atoms with Gasteiger partial charge in [0.1, 0.15) is 11.4 Å². The highest BCUT2D eigenvalue weighted by Gasteiger charge is 2.22. The van der Waals surface area contributed by atoms with Crippen molar-refractivity contribution in [1.82, 2.24) is 0 Å². The van der Waals surface area contributed by atoms with Crippen LogP contribution in [0.5, 0.6) is 0 Å². The molecular weight excluding hydrogens is 158 g/mol. The van der Waals surface area contributed by atoms with Crippen molar-refractivity contribution in [3.8, 4) is 0 Å². The van der Waals surface area contributed by atoms with Gasteiger partial charge in [-0.3, -0.25) is 4.99 Å². The molecule has 5 heteroatoms. The molecule has 1 heterocycles. The van der Waals surface area contributed by atoms with E-state index < -0.39 is 5.97 Å². The molecule has 0 aromatic heterocycles. The van der Waals surface area contributed by atoms with Gasteiger partial charge < -0.3 is 16.2 Å². The third-order valence-corrected chi connectivity index (χ3v) is 1.48. The van der Waals surface area contributed by atoms with Crippen LogP contribution < -0.4 is 11.5 Å². The first-order valence-electron chi connectivity index (χ1n) is 3.62. The second-order valence-corrected chi connectivity index (χ2v) is 2.32. The van der Waals surface area contributed by atoms with Crippen LogP contribution in [-0.2, 0) is 9.53 Å². The summed E-state index contributed by atoms with van der Waals surface area (Å²) in [6.45, 7) is 2.32. The lowest BCUT2D eigenvalue weighted by Gasteiger charge is -2.02. The predicted molar refractivity (Wildman–Crippen MR) is 44.3 cm³/mol. The largest absolute Gasteiger partial charge is 0.462 e. The number of rotatable bonds is 2. The molecule has 1 aliphatic heterocycles. The average molecular weight is 169 g/mol. The van der Waals surface area contributed by atoms with Gasteiger partial charge >= 0.3 is 5.97 Å². The molecule has 66 valence electrons. The van der Waals surface area contributed by atoms with E-state index in [-0.39, 0.29) is 11.4 Å². The third kappa shape index (κ3) is 1.39. The van der Waals surface area contributed by atoms with E-state index in [9.17, 15) is 4.79 Å². The molecule has 0 unspecified atom stereocenters. The molecule has 0 aromatic carbocycles. The van der Waals surface area contributed by atoms with Gasteiger partial charge in [-0.2, -0.15) is 0 Å². The molecule has 0 atom stereocenters. The molecule has 0 bridgehead atoms. The van der Waals surface area contributed by atoms with E-state index >= 15 is 0 Å². The summed E-state index contributed by atoms with van der Waals surface area (Å²) < 4.78 is 4.73. The molecule has 0 saturated heterocycles. The van der Waals surface area contributed by atoms with Crippen molar-refractivity contribution in [3.05, 3.63) is 11.3 Å². The van der Waals surface area contributed by atoms with Gasteiger partial charge in [-0.05, 0) is 6.92 Å². The maximum Gasteiger partial charge on any atom is 0.343 e. The Morgan fingerprint density at radius 2 is 2.33 bits per heavy atom. The fourth-order valence-electron chi connectivity index (χ4n) is 0.932. The van der Waals surface area contributed by atoms with Crippen LogP contribution in [-0.4, -0.2) is 25.0 Å². The molecule has 0 saturated carbocycles. The minimum Gasteiger partial charge on any atom is -0.462 e. The third-order valence-electron chi connectivity index (χ3n) is 1.48. The second-order valence-electron chi connectivity index (χ2n) is 2.32. The summed E-state index contributed by atoms with van der Waals surface area (Å²) in [6, 6.07) is 0. The number of ether oxygens (including phenoxy) is 1. The molecule has 0 aliphatic carbocycles. The van der Waals surface area contributed by atoms with E-state index in [0.29, 0.717) is 18.8 Å². The van der Waals surface area contributed by atoms with Crippen molar-refractivity contribution >= 4 is 11.8 Å². The Morgan fingerprint density at radius 1 is 1.67 bits per heavy atom. The van der Waals surface area contributed by atoms with Crippen molar-refractivity contribution in [2.75, 3.05) is 13.2 Å². The monoisotopic (exact) mass is 169 g/mol. The van der Waals surface area contributed by atoms with E-state index in [1.54, 1.807) is 6.92 Å². The lowest BCUT2D eigenvalue weighted by molar-refractivity contribution is -0.137. The number of hydrogen-bond acceptors (Lipinski definition) is 5. The molecule has 4 N–H and O–H groups in total. The summed E-state index contributed by atoms with van der Waals surface area (Å²) in [5.41, 5.74) is 11.5. The lowest BCUT2D eigenvalue weighted by Crippen LogP contribution is -2.23. The molecule has 0 spiro atoms. The zero-order chi connectivity index (χ0) is 9.14. The van der Waals surface area contributed by atoms with Crippen molar-refractivity contribution in [1.29, 1.82) is 0 Å². The molecule has 1 rings (SSSR count). The number of hydrogen-bond donors (Lipinski definition) is 2.